The highest BCUT2D eigenvalue weighted by Gasteiger charge is 2.11. The first-order valence-electron chi connectivity index (χ1n) is 5.92. The lowest BCUT2D eigenvalue weighted by Gasteiger charge is -2.13. The summed E-state index contributed by atoms with van der Waals surface area (Å²) in [6.45, 7) is 1.68. The summed E-state index contributed by atoms with van der Waals surface area (Å²) in [5.74, 6) is -0.176. The number of rotatable bonds is 3. The number of hydrogen-bond donors (Lipinski definition) is 2. The third-order valence-corrected chi connectivity index (χ3v) is 3.48. The normalized spacial score (nSPS) is 11.9. The van der Waals surface area contributed by atoms with Crippen LogP contribution in [0.15, 0.2) is 48.5 Å². The first-order valence-corrected chi connectivity index (χ1v) is 6.99. The van der Waals surface area contributed by atoms with E-state index in [4.69, 9.17) is 0 Å². The lowest BCUT2D eigenvalue weighted by molar-refractivity contribution is 0.102. The monoisotopic (exact) mass is 367 g/mol. The number of anilines is 1. The summed E-state index contributed by atoms with van der Waals surface area (Å²) in [7, 11) is 0. The Hall–Kier alpha value is -1.40. The molecule has 0 spiro atoms. The summed E-state index contributed by atoms with van der Waals surface area (Å²) in [5.41, 5.74) is 1.95. The van der Waals surface area contributed by atoms with E-state index in [1.807, 2.05) is 24.3 Å². The number of aliphatic hydroxyl groups excluding tert-OH is 1. The predicted molar refractivity (Wildman–Crippen MR) is 84.2 cm³/mol. The van der Waals surface area contributed by atoms with E-state index in [9.17, 15) is 9.90 Å². The maximum atomic E-state index is 12.1. The molecule has 0 bridgehead atoms. The Kier molecular flexibility index (Phi) is 4.55. The molecule has 0 saturated carbocycles. The molecule has 0 aromatic heterocycles. The smallest absolute Gasteiger partial charge is 0.255 e. The number of carbonyl (C=O) groups is 1. The van der Waals surface area contributed by atoms with Gasteiger partial charge in [-0.3, -0.25) is 4.79 Å². The highest BCUT2D eigenvalue weighted by Crippen LogP contribution is 2.22. The van der Waals surface area contributed by atoms with Crippen LogP contribution in [-0.2, 0) is 0 Å². The second-order valence-corrected chi connectivity index (χ2v) is 5.47. The van der Waals surface area contributed by atoms with Gasteiger partial charge in [-0.2, -0.15) is 0 Å². The molecular weight excluding hydrogens is 353 g/mol. The third kappa shape index (κ3) is 3.54. The molecular formula is C15H14INO2. The molecule has 0 radical (unpaired) electrons. The van der Waals surface area contributed by atoms with Gasteiger partial charge in [-0.1, -0.05) is 18.2 Å². The number of aliphatic hydroxyl groups is 1. The second kappa shape index (κ2) is 6.16. The van der Waals surface area contributed by atoms with Crippen molar-refractivity contribution in [2.45, 2.75) is 13.0 Å². The van der Waals surface area contributed by atoms with E-state index in [1.165, 1.54) is 0 Å². The van der Waals surface area contributed by atoms with Gasteiger partial charge in [-0.25, -0.2) is 0 Å². The van der Waals surface area contributed by atoms with Crippen molar-refractivity contribution in [3.05, 3.63) is 63.2 Å². The molecule has 0 saturated heterocycles. The zero-order valence-corrected chi connectivity index (χ0v) is 12.6. The molecule has 0 fully saturated rings. The number of hydrogen-bond acceptors (Lipinski definition) is 2. The topological polar surface area (TPSA) is 49.3 Å². The van der Waals surface area contributed by atoms with Crippen molar-refractivity contribution in [2.24, 2.45) is 0 Å². The summed E-state index contributed by atoms with van der Waals surface area (Å²) in [6.07, 6.45) is -0.617. The molecule has 2 rings (SSSR count). The zero-order valence-electron chi connectivity index (χ0n) is 10.4. The number of benzene rings is 2. The highest BCUT2D eigenvalue weighted by atomic mass is 127. The van der Waals surface area contributed by atoms with Crippen molar-refractivity contribution in [3.63, 3.8) is 0 Å². The van der Waals surface area contributed by atoms with Gasteiger partial charge in [0.2, 0.25) is 0 Å². The standard InChI is InChI=1S/C15H14INO2/c1-10(18)13-4-2-3-5-14(13)17-15(19)11-6-8-12(16)9-7-11/h2-10,18H,1H3,(H,17,19). The summed E-state index contributed by atoms with van der Waals surface area (Å²) < 4.78 is 1.08. The minimum atomic E-state index is -0.617. The van der Waals surface area contributed by atoms with Gasteiger partial charge < -0.3 is 10.4 Å². The molecule has 1 amide bonds. The van der Waals surface area contributed by atoms with Gasteiger partial charge in [0.05, 0.1) is 6.10 Å². The van der Waals surface area contributed by atoms with Crippen molar-refractivity contribution in [3.8, 4) is 0 Å². The number of amides is 1. The van der Waals surface area contributed by atoms with Crippen LogP contribution in [-0.4, -0.2) is 11.0 Å². The minimum absolute atomic E-state index is 0.176. The van der Waals surface area contributed by atoms with E-state index in [0.717, 1.165) is 3.57 Å². The molecule has 0 heterocycles. The Labute approximate surface area is 125 Å². The van der Waals surface area contributed by atoms with Crippen LogP contribution < -0.4 is 5.32 Å². The van der Waals surface area contributed by atoms with Crippen LogP contribution >= 0.6 is 22.6 Å². The Morgan fingerprint density at radius 2 is 1.79 bits per heavy atom. The number of para-hydroxylation sites is 1. The average Bonchev–Trinajstić information content (AvgIpc) is 2.39. The van der Waals surface area contributed by atoms with Crippen molar-refractivity contribution >= 4 is 34.2 Å². The van der Waals surface area contributed by atoms with E-state index < -0.39 is 6.10 Å². The summed E-state index contributed by atoms with van der Waals surface area (Å²) in [6, 6.07) is 14.6. The van der Waals surface area contributed by atoms with E-state index in [1.54, 1.807) is 31.2 Å². The van der Waals surface area contributed by atoms with Crippen LogP contribution in [0.2, 0.25) is 0 Å². The van der Waals surface area contributed by atoms with Gasteiger partial charge in [0, 0.05) is 20.4 Å². The fourth-order valence-electron chi connectivity index (χ4n) is 1.77. The second-order valence-electron chi connectivity index (χ2n) is 4.22. The van der Waals surface area contributed by atoms with Crippen molar-refractivity contribution in [2.75, 3.05) is 5.32 Å². The molecule has 1 unspecified atom stereocenters. The molecule has 2 N–H and O–H groups in total. The number of halogens is 1. The molecule has 1 atom stereocenters. The van der Waals surface area contributed by atoms with Crippen LogP contribution in [0.4, 0.5) is 5.69 Å². The molecule has 0 aliphatic rings. The van der Waals surface area contributed by atoms with Crippen LogP contribution in [0, 0.1) is 3.57 Å². The molecule has 2 aromatic carbocycles. The minimum Gasteiger partial charge on any atom is -0.389 e. The van der Waals surface area contributed by atoms with Crippen LogP contribution in [0.1, 0.15) is 28.9 Å². The quantitative estimate of drug-likeness (QED) is 0.815. The molecule has 98 valence electrons. The maximum Gasteiger partial charge on any atom is 0.255 e. The van der Waals surface area contributed by atoms with Gasteiger partial charge in [0.15, 0.2) is 0 Å². The summed E-state index contributed by atoms with van der Waals surface area (Å²) in [5, 5.41) is 12.5. The third-order valence-electron chi connectivity index (χ3n) is 2.77. The van der Waals surface area contributed by atoms with E-state index in [-0.39, 0.29) is 5.91 Å². The number of carbonyl (C=O) groups excluding carboxylic acids is 1. The van der Waals surface area contributed by atoms with Gasteiger partial charge in [0.25, 0.3) is 5.91 Å². The van der Waals surface area contributed by atoms with Crippen LogP contribution in [0.25, 0.3) is 0 Å². The van der Waals surface area contributed by atoms with E-state index >= 15 is 0 Å². The first-order chi connectivity index (χ1) is 9.08. The van der Waals surface area contributed by atoms with Crippen LogP contribution in [0.5, 0.6) is 0 Å². The molecule has 2 aromatic rings. The van der Waals surface area contributed by atoms with Gasteiger partial charge in [-0.05, 0) is 59.8 Å². The van der Waals surface area contributed by atoms with Gasteiger partial charge in [0.1, 0.15) is 0 Å². The largest absolute Gasteiger partial charge is 0.389 e. The Morgan fingerprint density at radius 3 is 2.42 bits per heavy atom. The molecule has 4 heteroatoms. The van der Waals surface area contributed by atoms with E-state index in [0.29, 0.717) is 16.8 Å². The number of nitrogens with one attached hydrogen (secondary N) is 1. The fraction of sp³-hybridized carbons (Fsp3) is 0.133. The average molecular weight is 367 g/mol. The van der Waals surface area contributed by atoms with Crippen molar-refractivity contribution in [1.29, 1.82) is 0 Å². The zero-order chi connectivity index (χ0) is 13.8. The first kappa shape index (κ1) is 14.0. The molecule has 3 nitrogen and oxygen atoms in total. The van der Waals surface area contributed by atoms with Crippen LogP contribution in [0.3, 0.4) is 0 Å². The maximum absolute atomic E-state index is 12.1. The Balaban J connectivity index is 2.22. The highest BCUT2D eigenvalue weighted by molar-refractivity contribution is 14.1. The molecule has 0 aliphatic heterocycles. The van der Waals surface area contributed by atoms with Gasteiger partial charge in [-0.15, -0.1) is 0 Å². The summed E-state index contributed by atoms with van der Waals surface area (Å²) >= 11 is 2.19. The molecule has 19 heavy (non-hydrogen) atoms. The SMILES string of the molecule is CC(O)c1ccccc1NC(=O)c1ccc(I)cc1. The van der Waals surface area contributed by atoms with Crippen molar-refractivity contribution < 1.29 is 9.90 Å². The molecule has 0 aliphatic carbocycles. The fourth-order valence-corrected chi connectivity index (χ4v) is 2.13. The predicted octanol–water partition coefficient (Wildman–Crippen LogP) is 3.60. The Bertz CT molecular complexity index is 579. The summed E-state index contributed by atoms with van der Waals surface area (Å²) in [4.78, 5) is 12.1. The Morgan fingerprint density at radius 1 is 1.16 bits per heavy atom. The van der Waals surface area contributed by atoms with Gasteiger partial charge >= 0.3 is 0 Å². The lowest BCUT2D eigenvalue weighted by atomic mass is 10.1. The van der Waals surface area contributed by atoms with E-state index in [2.05, 4.69) is 27.9 Å². The lowest BCUT2D eigenvalue weighted by Crippen LogP contribution is -2.13. The van der Waals surface area contributed by atoms with Crippen molar-refractivity contribution in [1.82, 2.24) is 0 Å².